The molecule has 2 unspecified atom stereocenters. The van der Waals surface area contributed by atoms with Gasteiger partial charge in [-0.05, 0) is 49.9 Å². The highest BCUT2D eigenvalue weighted by Crippen LogP contribution is 2.28. The number of aromatic nitrogens is 1. The van der Waals surface area contributed by atoms with Gasteiger partial charge in [0, 0.05) is 30.9 Å². The van der Waals surface area contributed by atoms with Crippen LogP contribution in [0.2, 0.25) is 0 Å². The molecule has 0 saturated heterocycles. The summed E-state index contributed by atoms with van der Waals surface area (Å²) in [6, 6.07) is 9.55. The van der Waals surface area contributed by atoms with Crippen LogP contribution in [-0.4, -0.2) is 48.9 Å². The number of fused-ring (bicyclic) bond motifs is 2. The summed E-state index contributed by atoms with van der Waals surface area (Å²) in [5, 5.41) is 3.36. The molecule has 0 spiro atoms. The van der Waals surface area contributed by atoms with Crippen LogP contribution in [-0.2, 0) is 9.59 Å². The Bertz CT molecular complexity index is 1380. The van der Waals surface area contributed by atoms with Crippen LogP contribution in [0.25, 0.3) is 20.8 Å². The summed E-state index contributed by atoms with van der Waals surface area (Å²) < 4.78 is 0.900. The average molecular weight is 541 g/mol. The van der Waals surface area contributed by atoms with Crippen molar-refractivity contribution in [2.75, 3.05) is 18.4 Å². The third kappa shape index (κ3) is 8.47. The van der Waals surface area contributed by atoms with Crippen LogP contribution in [0.3, 0.4) is 0 Å². The molecule has 1 aromatic carbocycles. The summed E-state index contributed by atoms with van der Waals surface area (Å²) in [5.41, 5.74) is 35.6. The number of hydrogen-bond acceptors (Lipinski definition) is 7. The maximum absolute atomic E-state index is 12.5. The average Bonchev–Trinajstić information content (AvgIpc) is 2.87. The fraction of sp³-hybridized carbons (Fsp3) is 0.333. The van der Waals surface area contributed by atoms with E-state index in [4.69, 9.17) is 34.4 Å². The molecule has 1 aromatic rings. The smallest absolute Gasteiger partial charge is 0.263 e. The van der Waals surface area contributed by atoms with E-state index < -0.39 is 18.0 Å². The zero-order valence-electron chi connectivity index (χ0n) is 20.9. The summed E-state index contributed by atoms with van der Waals surface area (Å²) in [6.45, 7) is 0.812. The molecule has 202 valence electrons. The predicted molar refractivity (Wildman–Crippen MR) is 150 cm³/mol. The van der Waals surface area contributed by atoms with E-state index in [1.54, 1.807) is 12.1 Å². The summed E-state index contributed by atoms with van der Waals surface area (Å²) in [5.74, 6) is -0.691. The Kier molecular flexibility index (Phi) is 10.0. The lowest BCUT2D eigenvalue weighted by molar-refractivity contribution is -0.330. The first-order valence-electron chi connectivity index (χ1n) is 12.0. The Hall–Kier alpha value is -4.14. The molecule has 13 nitrogen and oxygen atoms in total. The zero-order valence-corrected chi connectivity index (χ0v) is 21.7. The third-order valence-electron chi connectivity index (χ3n) is 5.53. The molecule has 1 heterocycles. The van der Waals surface area contributed by atoms with Crippen LogP contribution in [0.4, 0.5) is 5.69 Å². The lowest BCUT2D eigenvalue weighted by Crippen LogP contribution is -2.35. The van der Waals surface area contributed by atoms with Crippen molar-refractivity contribution >= 4 is 51.0 Å². The minimum Gasteiger partial charge on any atom is -0.370 e. The SMILES string of the molecule is NC(N)=NCCCC(N)C(=O)N=c1ccc2[nH+]c3ccc(NC(=O)C(N)CCCN=C(N)N)cc3sc-2c1. The Balaban J connectivity index is 1.71. The number of amides is 2. The van der Waals surface area contributed by atoms with Crippen molar-refractivity contribution in [2.24, 2.45) is 49.4 Å². The van der Waals surface area contributed by atoms with E-state index in [0.717, 1.165) is 20.8 Å². The molecule has 3 rings (SSSR count). The van der Waals surface area contributed by atoms with E-state index in [1.165, 1.54) is 11.3 Å². The second-order valence-electron chi connectivity index (χ2n) is 8.67. The first-order chi connectivity index (χ1) is 18.1. The number of nitrogens with two attached hydrogens (primary N) is 6. The molecule has 1 aliphatic carbocycles. The van der Waals surface area contributed by atoms with Gasteiger partial charge < -0.3 is 39.7 Å². The standard InChI is InChI=1S/C24H33N11O2S/c25-15(3-1-9-31-23(27)28)21(36)33-13-5-7-17-19(11-13)38-20-12-14(6-8-18(20)35-17)34-22(37)16(26)4-2-10-32-24(29)30/h5-8,11-12,15-16H,1-4,9-10,25-26H2,(H,33,36)(H4,27,28,31)(H4,29,30,32)/p+1. The van der Waals surface area contributed by atoms with Gasteiger partial charge in [0.05, 0.1) is 17.4 Å². The third-order valence-corrected chi connectivity index (χ3v) is 6.65. The van der Waals surface area contributed by atoms with Crippen LogP contribution < -0.4 is 50.1 Å². The number of aliphatic imine (C=N–C) groups is 2. The number of carbonyl (C=O) groups excluding carboxylic acids is 2. The highest BCUT2D eigenvalue weighted by Gasteiger charge is 2.17. The molecule has 14 heteroatoms. The van der Waals surface area contributed by atoms with E-state index in [9.17, 15) is 9.59 Å². The Morgan fingerprint density at radius 3 is 2.21 bits per heavy atom. The number of H-pyrrole nitrogens is 1. The minimum absolute atomic E-state index is 0.00500. The predicted octanol–water partition coefficient (Wildman–Crippen LogP) is -1.05. The van der Waals surface area contributed by atoms with Gasteiger partial charge in [0.15, 0.2) is 11.9 Å². The van der Waals surface area contributed by atoms with Crippen LogP contribution >= 0.6 is 11.3 Å². The molecule has 2 aliphatic rings. The molecule has 0 aromatic heterocycles. The van der Waals surface area contributed by atoms with E-state index in [1.807, 2.05) is 24.3 Å². The maximum Gasteiger partial charge on any atom is 0.263 e. The topological polar surface area (TPSA) is 254 Å². The van der Waals surface area contributed by atoms with Gasteiger partial charge in [-0.2, -0.15) is 0 Å². The van der Waals surface area contributed by atoms with E-state index >= 15 is 0 Å². The minimum atomic E-state index is -0.740. The fourth-order valence-corrected chi connectivity index (χ4v) is 4.62. The number of carbonyl (C=O) groups is 2. The Morgan fingerprint density at radius 2 is 1.55 bits per heavy atom. The van der Waals surface area contributed by atoms with E-state index in [0.29, 0.717) is 49.8 Å². The van der Waals surface area contributed by atoms with Crippen molar-refractivity contribution < 1.29 is 14.6 Å². The van der Waals surface area contributed by atoms with Crippen molar-refractivity contribution in [1.29, 1.82) is 0 Å². The first kappa shape index (κ1) is 28.4. The summed E-state index contributed by atoms with van der Waals surface area (Å²) in [7, 11) is 0. The van der Waals surface area contributed by atoms with Gasteiger partial charge in [0.1, 0.15) is 9.58 Å². The van der Waals surface area contributed by atoms with Crippen molar-refractivity contribution in [2.45, 2.75) is 37.8 Å². The number of nitrogens with one attached hydrogen (secondary N) is 2. The van der Waals surface area contributed by atoms with Crippen molar-refractivity contribution in [3.05, 3.63) is 41.8 Å². The Labute approximate surface area is 223 Å². The van der Waals surface area contributed by atoms with Crippen molar-refractivity contribution in [3.8, 4) is 10.6 Å². The molecular weight excluding hydrogens is 506 g/mol. The first-order valence-corrected chi connectivity index (χ1v) is 12.9. The van der Waals surface area contributed by atoms with Crippen LogP contribution in [0.5, 0.6) is 0 Å². The number of benzene rings is 2. The van der Waals surface area contributed by atoms with Gasteiger partial charge in [0.2, 0.25) is 17.1 Å². The number of hydrogen-bond donors (Lipinski definition) is 7. The number of aromatic amines is 1. The monoisotopic (exact) mass is 540 g/mol. The lowest BCUT2D eigenvalue weighted by Gasteiger charge is -2.12. The van der Waals surface area contributed by atoms with Gasteiger partial charge >= 0.3 is 0 Å². The normalized spacial score (nSPS) is 13.2. The second kappa shape index (κ2) is 13.4. The van der Waals surface area contributed by atoms with Gasteiger partial charge in [-0.1, -0.05) is 0 Å². The fourth-order valence-electron chi connectivity index (χ4n) is 3.56. The number of rotatable bonds is 11. The van der Waals surface area contributed by atoms with Gasteiger partial charge in [-0.3, -0.25) is 19.6 Å². The number of anilines is 1. The van der Waals surface area contributed by atoms with Crippen molar-refractivity contribution in [1.82, 2.24) is 0 Å². The molecule has 0 fully saturated rings. The molecule has 0 radical (unpaired) electrons. The van der Waals surface area contributed by atoms with Gasteiger partial charge in [0.25, 0.3) is 5.91 Å². The maximum atomic E-state index is 12.5. The molecule has 14 N–H and O–H groups in total. The van der Waals surface area contributed by atoms with Crippen LogP contribution in [0.1, 0.15) is 25.7 Å². The van der Waals surface area contributed by atoms with E-state index in [2.05, 4.69) is 25.3 Å². The summed E-state index contributed by atoms with van der Waals surface area (Å²) in [4.78, 5) is 41.1. The molecule has 2 atom stereocenters. The van der Waals surface area contributed by atoms with E-state index in [-0.39, 0.29) is 17.8 Å². The molecule has 2 amide bonds. The number of nitrogens with zero attached hydrogens (tertiary/aromatic N) is 3. The molecule has 38 heavy (non-hydrogen) atoms. The quantitative estimate of drug-likeness (QED) is 0.0681. The molecule has 0 bridgehead atoms. The van der Waals surface area contributed by atoms with Gasteiger partial charge in [-0.15, -0.1) is 11.3 Å². The van der Waals surface area contributed by atoms with Crippen molar-refractivity contribution in [3.63, 3.8) is 0 Å². The summed E-state index contributed by atoms with van der Waals surface area (Å²) in [6.07, 6.45) is 2.03. The molecule has 0 saturated carbocycles. The molecule has 1 aliphatic heterocycles. The lowest BCUT2D eigenvalue weighted by atomic mass is 10.1. The largest absolute Gasteiger partial charge is 0.370 e. The van der Waals surface area contributed by atoms with Crippen LogP contribution in [0.15, 0.2) is 51.4 Å². The second-order valence-corrected chi connectivity index (χ2v) is 9.75. The van der Waals surface area contributed by atoms with Crippen LogP contribution in [0, 0.1) is 0 Å². The zero-order chi connectivity index (χ0) is 27.7. The highest BCUT2D eigenvalue weighted by molar-refractivity contribution is 7.21. The highest BCUT2D eigenvalue weighted by atomic mass is 32.1. The Morgan fingerprint density at radius 1 is 0.895 bits per heavy atom. The number of guanidine groups is 2. The van der Waals surface area contributed by atoms with Gasteiger partial charge in [-0.25, -0.2) is 9.98 Å². The summed E-state index contributed by atoms with van der Waals surface area (Å²) >= 11 is 1.50. The molecular formula is C24H34N11O2S+.